The number of hydrogen-bond acceptors (Lipinski definition) is 2. The molecule has 1 N–H and O–H groups in total. The van der Waals surface area contributed by atoms with Gasteiger partial charge in [-0.3, -0.25) is 9.89 Å². The highest BCUT2D eigenvalue weighted by atomic mass is 16.2. The fourth-order valence-corrected chi connectivity index (χ4v) is 2.32. The molecule has 4 nitrogen and oxygen atoms in total. The molecule has 1 aromatic carbocycles. The SMILES string of the molecule is O=C1CCCCN1c1ccc(-c2ccn[nH]2)cc1. The predicted octanol–water partition coefficient (Wildman–Crippen LogP) is 2.59. The Kier molecular flexibility index (Phi) is 2.84. The van der Waals surface area contributed by atoms with Gasteiger partial charge in [0.2, 0.25) is 5.91 Å². The fourth-order valence-electron chi connectivity index (χ4n) is 2.32. The van der Waals surface area contributed by atoms with Crippen molar-refractivity contribution >= 4 is 11.6 Å². The molecule has 0 aliphatic carbocycles. The monoisotopic (exact) mass is 241 g/mol. The normalized spacial score (nSPS) is 16.0. The second-order valence-electron chi connectivity index (χ2n) is 4.52. The van der Waals surface area contributed by atoms with E-state index < -0.39 is 0 Å². The number of aromatic amines is 1. The molecule has 2 aromatic rings. The van der Waals surface area contributed by atoms with E-state index in [-0.39, 0.29) is 5.91 Å². The molecule has 18 heavy (non-hydrogen) atoms. The first-order valence-electron chi connectivity index (χ1n) is 6.25. The van der Waals surface area contributed by atoms with Crippen LogP contribution in [0.4, 0.5) is 5.69 Å². The minimum atomic E-state index is 0.232. The maximum Gasteiger partial charge on any atom is 0.226 e. The third-order valence-corrected chi connectivity index (χ3v) is 3.31. The molecule has 0 bridgehead atoms. The van der Waals surface area contributed by atoms with Crippen molar-refractivity contribution < 1.29 is 4.79 Å². The van der Waals surface area contributed by atoms with Crippen molar-refractivity contribution in [3.63, 3.8) is 0 Å². The largest absolute Gasteiger partial charge is 0.312 e. The maximum atomic E-state index is 11.8. The zero-order chi connectivity index (χ0) is 12.4. The Balaban J connectivity index is 1.84. The van der Waals surface area contributed by atoms with Crippen molar-refractivity contribution in [1.82, 2.24) is 10.2 Å². The summed E-state index contributed by atoms with van der Waals surface area (Å²) in [4.78, 5) is 13.7. The standard InChI is InChI=1S/C14H15N3O/c18-14-3-1-2-10-17(14)12-6-4-11(5-7-12)13-8-9-15-16-13/h4-9H,1-3,10H2,(H,15,16). The number of amides is 1. The summed E-state index contributed by atoms with van der Waals surface area (Å²) < 4.78 is 0. The van der Waals surface area contributed by atoms with Crippen molar-refractivity contribution in [3.05, 3.63) is 36.5 Å². The Morgan fingerprint density at radius 1 is 1.11 bits per heavy atom. The number of nitrogens with one attached hydrogen (secondary N) is 1. The molecule has 1 aromatic heterocycles. The molecule has 92 valence electrons. The zero-order valence-corrected chi connectivity index (χ0v) is 10.1. The van der Waals surface area contributed by atoms with E-state index in [1.807, 2.05) is 35.2 Å². The van der Waals surface area contributed by atoms with Crippen LogP contribution in [0, 0.1) is 0 Å². The minimum absolute atomic E-state index is 0.232. The molecule has 4 heteroatoms. The molecular formula is C14H15N3O. The number of piperidine rings is 1. The van der Waals surface area contributed by atoms with Crippen molar-refractivity contribution in [1.29, 1.82) is 0 Å². The second kappa shape index (κ2) is 4.64. The Hall–Kier alpha value is -2.10. The van der Waals surface area contributed by atoms with Crippen molar-refractivity contribution in [3.8, 4) is 11.3 Å². The summed E-state index contributed by atoms with van der Waals surface area (Å²) >= 11 is 0. The number of nitrogens with zero attached hydrogens (tertiary/aromatic N) is 2. The smallest absolute Gasteiger partial charge is 0.226 e. The van der Waals surface area contributed by atoms with Gasteiger partial charge in [0, 0.05) is 24.8 Å². The van der Waals surface area contributed by atoms with Gasteiger partial charge in [-0.2, -0.15) is 5.10 Å². The van der Waals surface area contributed by atoms with Crippen LogP contribution in [0.1, 0.15) is 19.3 Å². The number of anilines is 1. The third kappa shape index (κ3) is 2.01. The van der Waals surface area contributed by atoms with Gasteiger partial charge in [-0.05, 0) is 36.6 Å². The molecular weight excluding hydrogens is 226 g/mol. The highest BCUT2D eigenvalue weighted by Gasteiger charge is 2.19. The van der Waals surface area contributed by atoms with Crippen LogP contribution in [0.3, 0.4) is 0 Å². The summed E-state index contributed by atoms with van der Waals surface area (Å²) in [5.74, 6) is 0.232. The topological polar surface area (TPSA) is 49.0 Å². The van der Waals surface area contributed by atoms with Gasteiger partial charge in [-0.25, -0.2) is 0 Å². The van der Waals surface area contributed by atoms with Gasteiger partial charge in [0.25, 0.3) is 0 Å². The Labute approximate surface area is 106 Å². The average Bonchev–Trinajstić information content (AvgIpc) is 2.94. The number of hydrogen-bond donors (Lipinski definition) is 1. The molecule has 1 aliphatic heterocycles. The number of carbonyl (C=O) groups excluding carboxylic acids is 1. The number of carbonyl (C=O) groups is 1. The van der Waals surface area contributed by atoms with Crippen LogP contribution in [0.15, 0.2) is 36.5 Å². The molecule has 0 unspecified atom stereocenters. The molecule has 0 radical (unpaired) electrons. The Morgan fingerprint density at radius 2 is 1.94 bits per heavy atom. The van der Waals surface area contributed by atoms with E-state index in [4.69, 9.17) is 0 Å². The van der Waals surface area contributed by atoms with E-state index in [0.29, 0.717) is 6.42 Å². The van der Waals surface area contributed by atoms with Crippen molar-refractivity contribution in [2.75, 3.05) is 11.4 Å². The Bertz CT molecular complexity index is 531. The lowest BCUT2D eigenvalue weighted by Crippen LogP contribution is -2.35. The van der Waals surface area contributed by atoms with Gasteiger partial charge in [0.15, 0.2) is 0 Å². The van der Waals surface area contributed by atoms with Crippen LogP contribution in [-0.2, 0) is 4.79 Å². The number of aromatic nitrogens is 2. The van der Waals surface area contributed by atoms with Gasteiger partial charge in [-0.1, -0.05) is 12.1 Å². The quantitative estimate of drug-likeness (QED) is 0.878. The van der Waals surface area contributed by atoms with E-state index in [9.17, 15) is 4.79 Å². The number of H-pyrrole nitrogens is 1. The molecule has 0 saturated carbocycles. The molecule has 0 spiro atoms. The van der Waals surface area contributed by atoms with Crippen LogP contribution in [0.25, 0.3) is 11.3 Å². The van der Waals surface area contributed by atoms with Gasteiger partial charge < -0.3 is 4.90 Å². The Morgan fingerprint density at radius 3 is 2.61 bits per heavy atom. The average molecular weight is 241 g/mol. The lowest BCUT2D eigenvalue weighted by atomic mass is 10.1. The summed E-state index contributed by atoms with van der Waals surface area (Å²) in [6, 6.07) is 9.97. The second-order valence-corrected chi connectivity index (χ2v) is 4.52. The lowest BCUT2D eigenvalue weighted by molar-refractivity contribution is -0.119. The van der Waals surface area contributed by atoms with Crippen LogP contribution in [0.5, 0.6) is 0 Å². The minimum Gasteiger partial charge on any atom is -0.312 e. The fraction of sp³-hybridized carbons (Fsp3) is 0.286. The van der Waals surface area contributed by atoms with Gasteiger partial charge in [-0.15, -0.1) is 0 Å². The van der Waals surface area contributed by atoms with E-state index in [2.05, 4.69) is 10.2 Å². The molecule has 1 saturated heterocycles. The van der Waals surface area contributed by atoms with Crippen LogP contribution >= 0.6 is 0 Å². The molecule has 1 amide bonds. The van der Waals surface area contributed by atoms with Crippen LogP contribution in [0.2, 0.25) is 0 Å². The number of benzene rings is 1. The van der Waals surface area contributed by atoms with Crippen molar-refractivity contribution in [2.45, 2.75) is 19.3 Å². The van der Waals surface area contributed by atoms with Gasteiger partial charge in [0.05, 0.1) is 5.69 Å². The van der Waals surface area contributed by atoms with Crippen LogP contribution in [-0.4, -0.2) is 22.6 Å². The first-order chi connectivity index (χ1) is 8.84. The third-order valence-electron chi connectivity index (χ3n) is 3.31. The summed E-state index contributed by atoms with van der Waals surface area (Å²) in [5.41, 5.74) is 3.06. The summed E-state index contributed by atoms with van der Waals surface area (Å²) in [6.45, 7) is 0.836. The first kappa shape index (κ1) is 11.0. The van der Waals surface area contributed by atoms with E-state index in [1.54, 1.807) is 6.20 Å². The highest BCUT2D eigenvalue weighted by molar-refractivity contribution is 5.94. The maximum absolute atomic E-state index is 11.8. The van der Waals surface area contributed by atoms with Crippen LogP contribution < -0.4 is 4.90 Å². The first-order valence-corrected chi connectivity index (χ1v) is 6.25. The molecule has 3 rings (SSSR count). The summed E-state index contributed by atoms with van der Waals surface area (Å²) in [6.07, 6.45) is 4.51. The zero-order valence-electron chi connectivity index (χ0n) is 10.1. The molecule has 1 aliphatic rings. The number of rotatable bonds is 2. The van der Waals surface area contributed by atoms with E-state index in [0.717, 1.165) is 36.3 Å². The lowest BCUT2D eigenvalue weighted by Gasteiger charge is -2.26. The molecule has 1 fully saturated rings. The highest BCUT2D eigenvalue weighted by Crippen LogP contribution is 2.24. The molecule has 0 atom stereocenters. The molecule has 2 heterocycles. The van der Waals surface area contributed by atoms with Gasteiger partial charge >= 0.3 is 0 Å². The summed E-state index contributed by atoms with van der Waals surface area (Å²) in [7, 11) is 0. The van der Waals surface area contributed by atoms with E-state index in [1.165, 1.54) is 0 Å². The van der Waals surface area contributed by atoms with Crippen molar-refractivity contribution in [2.24, 2.45) is 0 Å². The summed E-state index contributed by atoms with van der Waals surface area (Å²) in [5, 5.41) is 6.86. The van der Waals surface area contributed by atoms with Gasteiger partial charge in [0.1, 0.15) is 0 Å². The van der Waals surface area contributed by atoms with E-state index >= 15 is 0 Å². The predicted molar refractivity (Wildman–Crippen MR) is 70.2 cm³/mol.